The van der Waals surface area contributed by atoms with Crippen molar-refractivity contribution < 1.29 is 28.6 Å². The second kappa shape index (κ2) is 64.9. The topological polar surface area (TPSA) is 78.9 Å². The van der Waals surface area contributed by atoms with E-state index in [4.69, 9.17) is 14.2 Å². The summed E-state index contributed by atoms with van der Waals surface area (Å²) in [6.45, 7) is 6.42. The van der Waals surface area contributed by atoms with Gasteiger partial charge in [-0.15, -0.1) is 0 Å². The fourth-order valence-corrected chi connectivity index (χ4v) is 9.25. The maximum absolute atomic E-state index is 12.9. The molecule has 1 atom stereocenters. The molecule has 0 bridgehead atoms. The minimum absolute atomic E-state index is 0.0800. The molecule has 442 valence electrons. The van der Waals surface area contributed by atoms with Crippen molar-refractivity contribution in [3.8, 4) is 0 Å². The van der Waals surface area contributed by atoms with Crippen LogP contribution in [0.1, 0.15) is 316 Å². The number of allylic oxidation sites excluding steroid dienone is 16. The Morgan fingerprint density at radius 1 is 0.273 bits per heavy atom. The van der Waals surface area contributed by atoms with Crippen LogP contribution >= 0.6 is 0 Å². The van der Waals surface area contributed by atoms with Crippen LogP contribution in [-0.4, -0.2) is 37.2 Å². The molecule has 1 unspecified atom stereocenters. The van der Waals surface area contributed by atoms with E-state index in [0.717, 1.165) is 128 Å². The van der Waals surface area contributed by atoms with Crippen molar-refractivity contribution in [2.24, 2.45) is 0 Å². The van der Waals surface area contributed by atoms with Gasteiger partial charge in [-0.3, -0.25) is 14.4 Å². The molecule has 0 heterocycles. The second-order valence-electron chi connectivity index (χ2n) is 21.6. The summed E-state index contributed by atoms with van der Waals surface area (Å²) in [7, 11) is 0. The standard InChI is InChI=1S/C71H122O6/c1-4-7-10-13-16-19-22-24-26-27-28-29-30-31-32-33-34-35-36-37-38-39-40-41-42-43-45-46-49-52-55-58-61-64-70(73)76-67-68(66-75-69(72)63-60-57-54-51-48-21-18-15-12-9-6-3)77-71(74)65-62-59-56-53-50-47-44-25-23-20-17-14-11-8-5-2/h7-8,10-11,16-17,19-20,24-26,28-29,31-32,44,68H,4-6,9,12-15,18,21-23,27,30,33-43,45-67H2,1-3H3/b10-7-,11-8-,19-16-,20-17-,26-24-,29-28-,32-31-,44-25-. The average Bonchev–Trinajstić information content (AvgIpc) is 3.43. The van der Waals surface area contributed by atoms with Crippen LogP contribution < -0.4 is 0 Å². The molecule has 6 nitrogen and oxygen atoms in total. The lowest BCUT2D eigenvalue weighted by Gasteiger charge is -2.18. The van der Waals surface area contributed by atoms with Gasteiger partial charge in [0.15, 0.2) is 6.10 Å². The fourth-order valence-electron chi connectivity index (χ4n) is 9.25. The molecule has 6 heteroatoms. The Morgan fingerprint density at radius 2 is 0.506 bits per heavy atom. The van der Waals surface area contributed by atoms with Crippen LogP contribution in [0.2, 0.25) is 0 Å². The number of rotatable bonds is 59. The highest BCUT2D eigenvalue weighted by atomic mass is 16.6. The van der Waals surface area contributed by atoms with Crippen molar-refractivity contribution >= 4 is 17.9 Å². The summed E-state index contributed by atoms with van der Waals surface area (Å²) in [4.78, 5) is 38.2. The molecule has 0 aliphatic heterocycles. The van der Waals surface area contributed by atoms with Gasteiger partial charge >= 0.3 is 17.9 Å². The molecule has 0 aromatic rings. The highest BCUT2D eigenvalue weighted by Gasteiger charge is 2.19. The SMILES string of the molecule is CC/C=C\C/C=C\C/C=C\C/C=C\C/C=C\CCCCCCCCCCCCCCCCCCCC(=O)OCC(COC(=O)CCCCCCCCCCCCC)OC(=O)CCCCCCC/C=C\C/C=C\C/C=C\CC. The van der Waals surface area contributed by atoms with Gasteiger partial charge in [0.1, 0.15) is 13.2 Å². The monoisotopic (exact) mass is 1070 g/mol. The average molecular weight is 1070 g/mol. The zero-order valence-electron chi connectivity index (χ0n) is 50.7. The van der Waals surface area contributed by atoms with Crippen molar-refractivity contribution in [3.63, 3.8) is 0 Å². The molecule has 0 saturated carbocycles. The zero-order valence-corrected chi connectivity index (χ0v) is 50.7. The Hall–Kier alpha value is -3.67. The van der Waals surface area contributed by atoms with E-state index >= 15 is 0 Å². The van der Waals surface area contributed by atoms with Gasteiger partial charge in [0.25, 0.3) is 0 Å². The number of unbranched alkanes of at least 4 members (excludes halogenated alkanes) is 32. The van der Waals surface area contributed by atoms with Gasteiger partial charge in [0.2, 0.25) is 0 Å². The van der Waals surface area contributed by atoms with Gasteiger partial charge in [-0.25, -0.2) is 0 Å². The van der Waals surface area contributed by atoms with E-state index in [0.29, 0.717) is 19.3 Å². The van der Waals surface area contributed by atoms with E-state index in [1.165, 1.54) is 148 Å². The number of hydrogen-bond acceptors (Lipinski definition) is 6. The smallest absolute Gasteiger partial charge is 0.306 e. The second-order valence-corrected chi connectivity index (χ2v) is 21.6. The zero-order chi connectivity index (χ0) is 55.7. The van der Waals surface area contributed by atoms with E-state index < -0.39 is 6.10 Å². The minimum atomic E-state index is -0.783. The third kappa shape index (κ3) is 63.0. The lowest BCUT2D eigenvalue weighted by Crippen LogP contribution is -2.30. The molecule has 0 rings (SSSR count). The van der Waals surface area contributed by atoms with Crippen LogP contribution in [-0.2, 0) is 28.6 Å². The van der Waals surface area contributed by atoms with E-state index in [1.54, 1.807) is 0 Å². The summed E-state index contributed by atoms with van der Waals surface area (Å²) in [6, 6.07) is 0. The Bertz CT molecular complexity index is 1510. The lowest BCUT2D eigenvalue weighted by atomic mass is 10.0. The van der Waals surface area contributed by atoms with Gasteiger partial charge in [0, 0.05) is 19.3 Å². The van der Waals surface area contributed by atoms with E-state index in [-0.39, 0.29) is 31.1 Å². The van der Waals surface area contributed by atoms with Gasteiger partial charge in [-0.05, 0) is 96.3 Å². The molecule has 0 amide bonds. The fraction of sp³-hybridized carbons (Fsp3) is 0.732. The number of carbonyl (C=O) groups excluding carboxylic acids is 3. The molecule has 77 heavy (non-hydrogen) atoms. The van der Waals surface area contributed by atoms with Crippen molar-refractivity contribution in [2.45, 2.75) is 322 Å². The maximum Gasteiger partial charge on any atom is 0.306 e. The van der Waals surface area contributed by atoms with Gasteiger partial charge in [-0.2, -0.15) is 0 Å². The summed E-state index contributed by atoms with van der Waals surface area (Å²) in [5, 5.41) is 0. The molecule has 0 radical (unpaired) electrons. The number of ether oxygens (including phenoxy) is 3. The minimum Gasteiger partial charge on any atom is -0.462 e. The Labute approximate surface area is 477 Å². The van der Waals surface area contributed by atoms with Crippen LogP contribution in [0.4, 0.5) is 0 Å². The van der Waals surface area contributed by atoms with Crippen molar-refractivity contribution in [3.05, 3.63) is 97.2 Å². The lowest BCUT2D eigenvalue weighted by molar-refractivity contribution is -0.167. The van der Waals surface area contributed by atoms with Crippen LogP contribution in [0.3, 0.4) is 0 Å². The Morgan fingerprint density at radius 3 is 0.792 bits per heavy atom. The van der Waals surface area contributed by atoms with Crippen LogP contribution in [0, 0.1) is 0 Å². The van der Waals surface area contributed by atoms with E-state index in [2.05, 4.69) is 118 Å². The van der Waals surface area contributed by atoms with Crippen LogP contribution in [0.25, 0.3) is 0 Å². The number of esters is 3. The maximum atomic E-state index is 12.9. The molecule has 0 aliphatic rings. The van der Waals surface area contributed by atoms with Crippen molar-refractivity contribution in [2.75, 3.05) is 13.2 Å². The first-order valence-corrected chi connectivity index (χ1v) is 32.7. The van der Waals surface area contributed by atoms with Crippen LogP contribution in [0.15, 0.2) is 97.2 Å². The van der Waals surface area contributed by atoms with E-state index in [1.807, 2.05) is 0 Å². The molecule has 0 spiro atoms. The van der Waals surface area contributed by atoms with Crippen molar-refractivity contribution in [1.29, 1.82) is 0 Å². The predicted octanol–water partition coefficient (Wildman–Crippen LogP) is 22.4. The molecule has 0 saturated heterocycles. The van der Waals surface area contributed by atoms with Gasteiger partial charge < -0.3 is 14.2 Å². The summed E-state index contributed by atoms with van der Waals surface area (Å²) < 4.78 is 16.9. The third-order valence-corrected chi connectivity index (χ3v) is 14.1. The summed E-state index contributed by atoms with van der Waals surface area (Å²) >= 11 is 0. The highest BCUT2D eigenvalue weighted by Crippen LogP contribution is 2.17. The first-order valence-electron chi connectivity index (χ1n) is 32.7. The first-order chi connectivity index (χ1) is 38.0. The van der Waals surface area contributed by atoms with Crippen LogP contribution in [0.5, 0.6) is 0 Å². The molecular formula is C71H122O6. The number of hydrogen-bond donors (Lipinski definition) is 0. The summed E-state index contributed by atoms with van der Waals surface area (Å²) in [5.41, 5.74) is 0. The largest absolute Gasteiger partial charge is 0.462 e. The van der Waals surface area contributed by atoms with Crippen molar-refractivity contribution in [1.82, 2.24) is 0 Å². The van der Waals surface area contributed by atoms with Gasteiger partial charge in [-0.1, -0.05) is 298 Å². The summed E-state index contributed by atoms with van der Waals surface area (Å²) in [5.74, 6) is -0.886. The highest BCUT2D eigenvalue weighted by molar-refractivity contribution is 5.71. The Balaban J connectivity index is 4.12. The first kappa shape index (κ1) is 73.3. The molecule has 0 aromatic heterocycles. The molecular weight excluding hydrogens is 949 g/mol. The molecule has 0 aromatic carbocycles. The molecule has 0 aliphatic carbocycles. The molecule has 0 fully saturated rings. The van der Waals surface area contributed by atoms with Gasteiger partial charge in [0.05, 0.1) is 0 Å². The van der Waals surface area contributed by atoms with E-state index in [9.17, 15) is 14.4 Å². The predicted molar refractivity (Wildman–Crippen MR) is 334 cm³/mol. The summed E-state index contributed by atoms with van der Waals surface area (Å²) in [6.07, 6.45) is 87.2. The molecule has 0 N–H and O–H groups in total. The normalized spacial score (nSPS) is 12.7. The number of carbonyl (C=O) groups is 3. The third-order valence-electron chi connectivity index (χ3n) is 14.1. The Kier molecular flexibility index (Phi) is 61.8. The quantitative estimate of drug-likeness (QED) is 0.0261.